The van der Waals surface area contributed by atoms with Gasteiger partial charge in [0.2, 0.25) is 0 Å². The topological polar surface area (TPSA) is 21.3 Å². The second-order valence-corrected chi connectivity index (χ2v) is 4.48. The van der Waals surface area contributed by atoms with Crippen molar-refractivity contribution >= 4 is 5.69 Å². The molecular formula is C16H17F2NO. The van der Waals surface area contributed by atoms with Crippen LogP contribution in [0.1, 0.15) is 18.9 Å². The first kappa shape index (κ1) is 14.3. The zero-order valence-electron chi connectivity index (χ0n) is 11.3. The molecule has 2 nitrogen and oxygen atoms in total. The molecule has 0 aliphatic carbocycles. The molecule has 0 spiro atoms. The number of hydrogen-bond acceptors (Lipinski definition) is 2. The molecule has 2 rings (SSSR count). The van der Waals surface area contributed by atoms with Crippen molar-refractivity contribution in [1.29, 1.82) is 0 Å². The maximum Gasteiger partial charge on any atom is 0.142 e. The highest BCUT2D eigenvalue weighted by Gasteiger charge is 2.04. The van der Waals surface area contributed by atoms with E-state index in [2.05, 4.69) is 5.32 Å². The number of benzene rings is 2. The zero-order chi connectivity index (χ0) is 14.4. The third kappa shape index (κ3) is 3.95. The van der Waals surface area contributed by atoms with Crippen molar-refractivity contribution in [3.8, 4) is 5.75 Å². The van der Waals surface area contributed by atoms with Gasteiger partial charge in [0.15, 0.2) is 0 Å². The van der Waals surface area contributed by atoms with Crippen LogP contribution in [0.15, 0.2) is 42.5 Å². The first-order valence-electron chi connectivity index (χ1n) is 6.59. The summed E-state index contributed by atoms with van der Waals surface area (Å²) in [6.45, 7) is 3.00. The van der Waals surface area contributed by atoms with Crippen LogP contribution >= 0.6 is 0 Å². The van der Waals surface area contributed by atoms with Gasteiger partial charge >= 0.3 is 0 Å². The summed E-state index contributed by atoms with van der Waals surface area (Å²) < 4.78 is 31.8. The second kappa shape index (κ2) is 6.89. The van der Waals surface area contributed by atoms with Crippen LogP contribution < -0.4 is 10.1 Å². The van der Waals surface area contributed by atoms with Crippen molar-refractivity contribution < 1.29 is 13.5 Å². The molecule has 0 fully saturated rings. The predicted octanol–water partition coefficient (Wildman–Crippen LogP) is 4.37. The van der Waals surface area contributed by atoms with Gasteiger partial charge in [0.05, 0.1) is 12.3 Å². The maximum absolute atomic E-state index is 13.1. The van der Waals surface area contributed by atoms with Gasteiger partial charge in [0, 0.05) is 12.6 Å². The van der Waals surface area contributed by atoms with E-state index in [1.807, 2.05) is 31.2 Å². The van der Waals surface area contributed by atoms with Crippen LogP contribution in [-0.2, 0) is 6.54 Å². The number of nitrogens with one attached hydrogen (secondary N) is 1. The summed E-state index contributed by atoms with van der Waals surface area (Å²) in [5.74, 6) is -0.402. The van der Waals surface area contributed by atoms with Gasteiger partial charge in [-0.25, -0.2) is 8.78 Å². The number of rotatable bonds is 6. The van der Waals surface area contributed by atoms with Crippen LogP contribution in [0.5, 0.6) is 5.75 Å². The lowest BCUT2D eigenvalue weighted by Gasteiger charge is -2.13. The molecule has 0 aromatic heterocycles. The number of halogens is 2. The summed E-state index contributed by atoms with van der Waals surface area (Å²) in [6, 6.07) is 11.0. The van der Waals surface area contributed by atoms with Crippen molar-refractivity contribution in [3.63, 3.8) is 0 Å². The van der Waals surface area contributed by atoms with Gasteiger partial charge in [-0.1, -0.05) is 19.1 Å². The standard InChI is InChI=1S/C16H17F2NO/c1-2-7-20-16-6-4-3-5-15(16)19-11-12-8-13(17)10-14(18)9-12/h3-6,8-10,19H,2,7,11H2,1H3. The minimum atomic E-state index is -0.572. The van der Waals surface area contributed by atoms with Gasteiger partial charge in [-0.05, 0) is 36.2 Å². The summed E-state index contributed by atoms with van der Waals surface area (Å²) in [5.41, 5.74) is 1.36. The Morgan fingerprint density at radius 1 is 1.05 bits per heavy atom. The van der Waals surface area contributed by atoms with Crippen LogP contribution in [0.4, 0.5) is 14.5 Å². The molecule has 1 N–H and O–H groups in total. The Kier molecular flexibility index (Phi) is 4.93. The van der Waals surface area contributed by atoms with E-state index in [0.29, 0.717) is 18.7 Å². The third-order valence-electron chi connectivity index (χ3n) is 2.75. The third-order valence-corrected chi connectivity index (χ3v) is 2.75. The van der Waals surface area contributed by atoms with Gasteiger partial charge in [-0.3, -0.25) is 0 Å². The molecule has 2 aromatic carbocycles. The Bertz CT molecular complexity index is 552. The molecule has 0 bridgehead atoms. The van der Waals surface area contributed by atoms with Crippen LogP contribution in [0, 0.1) is 11.6 Å². The fourth-order valence-corrected chi connectivity index (χ4v) is 1.86. The summed E-state index contributed by atoms with van der Waals surface area (Å²) in [7, 11) is 0. The second-order valence-electron chi connectivity index (χ2n) is 4.48. The van der Waals surface area contributed by atoms with E-state index in [0.717, 1.165) is 23.9 Å². The van der Waals surface area contributed by atoms with E-state index in [1.54, 1.807) is 0 Å². The van der Waals surface area contributed by atoms with E-state index in [9.17, 15) is 8.78 Å². The lowest BCUT2D eigenvalue weighted by atomic mass is 10.2. The molecule has 20 heavy (non-hydrogen) atoms. The highest BCUT2D eigenvalue weighted by atomic mass is 19.1. The molecule has 0 saturated heterocycles. The Morgan fingerprint density at radius 3 is 2.45 bits per heavy atom. The van der Waals surface area contributed by atoms with Gasteiger partial charge in [-0.2, -0.15) is 0 Å². The van der Waals surface area contributed by atoms with Gasteiger partial charge < -0.3 is 10.1 Å². The fraction of sp³-hybridized carbons (Fsp3) is 0.250. The largest absolute Gasteiger partial charge is 0.491 e. The van der Waals surface area contributed by atoms with Crippen molar-refractivity contribution in [1.82, 2.24) is 0 Å². The molecule has 0 heterocycles. The molecule has 0 radical (unpaired) electrons. The van der Waals surface area contributed by atoms with Crippen molar-refractivity contribution in [2.45, 2.75) is 19.9 Å². The van der Waals surface area contributed by atoms with Crippen LogP contribution in [0.3, 0.4) is 0 Å². The van der Waals surface area contributed by atoms with Crippen LogP contribution in [0.25, 0.3) is 0 Å². The van der Waals surface area contributed by atoms with Crippen molar-refractivity contribution in [2.24, 2.45) is 0 Å². The van der Waals surface area contributed by atoms with E-state index >= 15 is 0 Å². The summed E-state index contributed by atoms with van der Waals surface area (Å²) >= 11 is 0. The van der Waals surface area contributed by atoms with Crippen molar-refractivity contribution in [3.05, 3.63) is 59.7 Å². The Hall–Kier alpha value is -2.10. The van der Waals surface area contributed by atoms with E-state index < -0.39 is 11.6 Å². The molecule has 0 aliphatic rings. The van der Waals surface area contributed by atoms with Gasteiger partial charge in [0.1, 0.15) is 17.4 Å². The molecule has 0 atom stereocenters. The molecule has 106 valence electrons. The maximum atomic E-state index is 13.1. The SMILES string of the molecule is CCCOc1ccccc1NCc1cc(F)cc(F)c1. The van der Waals surface area contributed by atoms with E-state index in [-0.39, 0.29) is 0 Å². The Balaban J connectivity index is 2.06. The number of ether oxygens (including phenoxy) is 1. The first-order valence-corrected chi connectivity index (χ1v) is 6.59. The normalized spacial score (nSPS) is 10.3. The number of anilines is 1. The van der Waals surface area contributed by atoms with Crippen LogP contribution in [-0.4, -0.2) is 6.61 Å². The average molecular weight is 277 g/mol. The quantitative estimate of drug-likeness (QED) is 0.846. The highest BCUT2D eigenvalue weighted by Crippen LogP contribution is 2.24. The number of hydrogen-bond donors (Lipinski definition) is 1. The van der Waals surface area contributed by atoms with E-state index in [4.69, 9.17) is 4.74 Å². The molecule has 0 saturated carbocycles. The highest BCUT2D eigenvalue weighted by molar-refractivity contribution is 5.56. The summed E-state index contributed by atoms with van der Waals surface area (Å²) in [5, 5.41) is 3.13. The molecule has 0 aliphatic heterocycles. The van der Waals surface area contributed by atoms with E-state index in [1.165, 1.54) is 12.1 Å². The monoisotopic (exact) mass is 277 g/mol. The zero-order valence-corrected chi connectivity index (χ0v) is 11.3. The van der Waals surface area contributed by atoms with Gasteiger partial charge in [-0.15, -0.1) is 0 Å². The lowest BCUT2D eigenvalue weighted by Crippen LogP contribution is -2.04. The Morgan fingerprint density at radius 2 is 1.75 bits per heavy atom. The lowest BCUT2D eigenvalue weighted by molar-refractivity contribution is 0.319. The summed E-state index contributed by atoms with van der Waals surface area (Å²) in [4.78, 5) is 0. The average Bonchev–Trinajstić information content (AvgIpc) is 2.43. The minimum absolute atomic E-state index is 0.335. The summed E-state index contributed by atoms with van der Waals surface area (Å²) in [6.07, 6.45) is 0.920. The fourth-order valence-electron chi connectivity index (χ4n) is 1.86. The Labute approximate surface area is 117 Å². The molecule has 0 unspecified atom stereocenters. The van der Waals surface area contributed by atoms with Gasteiger partial charge in [0.25, 0.3) is 0 Å². The predicted molar refractivity (Wildman–Crippen MR) is 75.9 cm³/mol. The minimum Gasteiger partial charge on any atom is -0.491 e. The molecular weight excluding hydrogens is 260 g/mol. The molecule has 2 aromatic rings. The first-order chi connectivity index (χ1) is 9.69. The number of para-hydroxylation sites is 2. The molecule has 0 amide bonds. The van der Waals surface area contributed by atoms with Crippen LogP contribution in [0.2, 0.25) is 0 Å². The molecule has 4 heteroatoms. The van der Waals surface area contributed by atoms with Crippen molar-refractivity contribution in [2.75, 3.05) is 11.9 Å². The smallest absolute Gasteiger partial charge is 0.142 e.